The predicted octanol–water partition coefficient (Wildman–Crippen LogP) is 3.26. The van der Waals surface area contributed by atoms with Gasteiger partial charge < -0.3 is 9.47 Å². The average Bonchev–Trinajstić information content (AvgIpc) is 3.27. The molecule has 7 nitrogen and oxygen atoms in total. The van der Waals surface area contributed by atoms with Crippen LogP contribution < -0.4 is 0 Å². The lowest BCUT2D eigenvalue weighted by molar-refractivity contribution is -0.144. The van der Waals surface area contributed by atoms with Gasteiger partial charge in [-0.25, -0.2) is 17.8 Å². The number of halogens is 1. The molecule has 4 rings (SSSR count). The Balaban J connectivity index is 1.35. The van der Waals surface area contributed by atoms with Crippen molar-refractivity contribution in [1.82, 2.24) is 9.29 Å². The number of thiazole rings is 1. The highest BCUT2D eigenvalue weighted by molar-refractivity contribution is 7.89. The van der Waals surface area contributed by atoms with Gasteiger partial charge in [0.25, 0.3) is 0 Å². The van der Waals surface area contributed by atoms with Gasteiger partial charge in [0.1, 0.15) is 17.4 Å². The molecule has 0 unspecified atom stereocenters. The fraction of sp³-hybridized carbons (Fsp3) is 0.273. The van der Waals surface area contributed by atoms with Crippen LogP contribution in [-0.4, -0.2) is 50.0 Å². The summed E-state index contributed by atoms with van der Waals surface area (Å²) in [4.78, 5) is 16.8. The maximum atomic E-state index is 13.1. The maximum absolute atomic E-state index is 13.1. The Hall–Kier alpha value is -2.66. The first kappa shape index (κ1) is 22.5. The van der Waals surface area contributed by atoms with Crippen LogP contribution >= 0.6 is 11.3 Å². The molecule has 0 spiro atoms. The molecule has 1 aliphatic heterocycles. The second-order valence-electron chi connectivity index (χ2n) is 7.15. The number of sulfonamides is 1. The maximum Gasteiger partial charge on any atom is 0.312 e. The van der Waals surface area contributed by atoms with Crippen molar-refractivity contribution >= 4 is 27.3 Å². The Labute approximate surface area is 189 Å². The summed E-state index contributed by atoms with van der Waals surface area (Å²) in [6.45, 7) is 1.33. The van der Waals surface area contributed by atoms with Crippen molar-refractivity contribution in [2.24, 2.45) is 0 Å². The molecule has 2 aromatic carbocycles. The molecule has 1 fully saturated rings. The van der Waals surface area contributed by atoms with E-state index in [0.717, 1.165) is 5.56 Å². The molecule has 1 aromatic heterocycles. The highest BCUT2D eigenvalue weighted by atomic mass is 32.2. The topological polar surface area (TPSA) is 85.8 Å². The number of rotatable bonds is 7. The number of carbonyl (C=O) groups is 1. The summed E-state index contributed by atoms with van der Waals surface area (Å²) in [6.07, 6.45) is -0.0105. The summed E-state index contributed by atoms with van der Waals surface area (Å²) >= 11 is 1.36. The molecule has 32 heavy (non-hydrogen) atoms. The molecule has 0 aliphatic carbocycles. The second kappa shape index (κ2) is 9.86. The Morgan fingerprint density at radius 1 is 1.16 bits per heavy atom. The Bertz CT molecular complexity index is 1190. The van der Waals surface area contributed by atoms with Crippen LogP contribution in [0.5, 0.6) is 0 Å². The number of carbonyl (C=O) groups excluding carboxylic acids is 1. The van der Waals surface area contributed by atoms with Gasteiger partial charge in [-0.2, -0.15) is 4.31 Å². The number of aromatic nitrogens is 1. The van der Waals surface area contributed by atoms with Crippen molar-refractivity contribution in [3.8, 4) is 10.6 Å². The van der Waals surface area contributed by atoms with E-state index in [9.17, 15) is 17.6 Å². The number of hydrogen-bond donors (Lipinski definition) is 0. The van der Waals surface area contributed by atoms with E-state index in [1.54, 1.807) is 29.6 Å². The van der Waals surface area contributed by atoms with E-state index in [1.807, 2.05) is 0 Å². The summed E-state index contributed by atoms with van der Waals surface area (Å²) in [5, 5.41) is 2.45. The summed E-state index contributed by atoms with van der Waals surface area (Å²) in [5.74, 6) is -0.793. The van der Waals surface area contributed by atoms with E-state index in [0.29, 0.717) is 42.6 Å². The van der Waals surface area contributed by atoms with Crippen LogP contribution in [-0.2, 0) is 37.3 Å². The lowest BCUT2D eigenvalue weighted by atomic mass is 10.2. The highest BCUT2D eigenvalue weighted by Gasteiger charge is 2.26. The van der Waals surface area contributed by atoms with Gasteiger partial charge in [-0.3, -0.25) is 4.79 Å². The molecule has 2 heterocycles. The summed E-state index contributed by atoms with van der Waals surface area (Å²) in [5.41, 5.74) is 1.91. The van der Waals surface area contributed by atoms with Gasteiger partial charge in [0.15, 0.2) is 0 Å². The number of ether oxygens (including phenoxy) is 2. The zero-order chi connectivity index (χ0) is 22.6. The van der Waals surface area contributed by atoms with Crippen molar-refractivity contribution in [3.63, 3.8) is 0 Å². The fourth-order valence-corrected chi connectivity index (χ4v) is 5.51. The SMILES string of the molecule is O=C(Cc1csc(-c2ccc(F)cc2)n1)OCc1cccc(S(=O)(=O)N2CCOCC2)c1. The Morgan fingerprint density at radius 3 is 2.66 bits per heavy atom. The molecule has 0 bridgehead atoms. The monoisotopic (exact) mass is 476 g/mol. The van der Waals surface area contributed by atoms with E-state index in [1.165, 1.54) is 39.9 Å². The van der Waals surface area contributed by atoms with Crippen LogP contribution in [0.4, 0.5) is 4.39 Å². The fourth-order valence-electron chi connectivity index (χ4n) is 3.21. The molecular weight excluding hydrogens is 455 g/mol. The van der Waals surface area contributed by atoms with Crippen LogP contribution in [0.3, 0.4) is 0 Å². The normalized spacial score (nSPS) is 14.9. The average molecular weight is 477 g/mol. The highest BCUT2D eigenvalue weighted by Crippen LogP contribution is 2.24. The molecule has 10 heteroatoms. The zero-order valence-corrected chi connectivity index (χ0v) is 18.7. The molecule has 0 amide bonds. The summed E-state index contributed by atoms with van der Waals surface area (Å²) < 4.78 is 50.6. The van der Waals surface area contributed by atoms with Crippen molar-refractivity contribution in [2.75, 3.05) is 26.3 Å². The summed E-state index contributed by atoms with van der Waals surface area (Å²) in [6, 6.07) is 12.4. The van der Waals surface area contributed by atoms with E-state index in [2.05, 4.69) is 4.98 Å². The molecule has 1 aliphatic rings. The minimum Gasteiger partial charge on any atom is -0.461 e. The van der Waals surface area contributed by atoms with Crippen molar-refractivity contribution in [1.29, 1.82) is 0 Å². The van der Waals surface area contributed by atoms with E-state index in [4.69, 9.17) is 9.47 Å². The molecule has 0 radical (unpaired) electrons. The van der Waals surface area contributed by atoms with Crippen LogP contribution in [0.25, 0.3) is 10.6 Å². The Morgan fingerprint density at radius 2 is 1.91 bits per heavy atom. The zero-order valence-electron chi connectivity index (χ0n) is 17.1. The van der Waals surface area contributed by atoms with Gasteiger partial charge in [-0.05, 0) is 42.0 Å². The minimum absolute atomic E-state index is 0.0105. The van der Waals surface area contributed by atoms with Gasteiger partial charge >= 0.3 is 5.97 Å². The van der Waals surface area contributed by atoms with Crippen molar-refractivity contribution in [2.45, 2.75) is 17.9 Å². The largest absolute Gasteiger partial charge is 0.461 e. The standard InChI is InChI=1S/C22H21FN2O5S2/c23-18-6-4-17(5-7-18)22-24-19(15-31-22)13-21(26)30-14-16-2-1-3-20(12-16)32(27,28)25-8-10-29-11-9-25/h1-7,12,15H,8-11,13-14H2. The molecule has 1 saturated heterocycles. The number of esters is 1. The van der Waals surface area contributed by atoms with E-state index < -0.39 is 16.0 Å². The number of benzene rings is 2. The van der Waals surface area contributed by atoms with Crippen molar-refractivity contribution < 1.29 is 27.1 Å². The van der Waals surface area contributed by atoms with Gasteiger partial charge in [-0.15, -0.1) is 11.3 Å². The van der Waals surface area contributed by atoms with Gasteiger partial charge in [0, 0.05) is 24.0 Å². The third-order valence-electron chi connectivity index (χ3n) is 4.87. The molecule has 0 N–H and O–H groups in total. The summed E-state index contributed by atoms with van der Waals surface area (Å²) in [7, 11) is -3.62. The van der Waals surface area contributed by atoms with Gasteiger partial charge in [0.2, 0.25) is 10.0 Å². The first-order valence-electron chi connectivity index (χ1n) is 9.94. The van der Waals surface area contributed by atoms with Crippen LogP contribution in [0.2, 0.25) is 0 Å². The lowest BCUT2D eigenvalue weighted by Gasteiger charge is -2.26. The Kier molecular flexibility index (Phi) is 6.95. The molecular formula is C22H21FN2O5S2. The second-order valence-corrected chi connectivity index (χ2v) is 9.95. The first-order valence-corrected chi connectivity index (χ1v) is 12.3. The molecule has 0 saturated carbocycles. The van der Waals surface area contributed by atoms with Crippen LogP contribution in [0.1, 0.15) is 11.3 Å². The number of nitrogens with zero attached hydrogens (tertiary/aromatic N) is 2. The van der Waals surface area contributed by atoms with Crippen LogP contribution in [0, 0.1) is 5.82 Å². The molecule has 0 atom stereocenters. The van der Waals surface area contributed by atoms with E-state index >= 15 is 0 Å². The molecule has 3 aromatic rings. The smallest absolute Gasteiger partial charge is 0.312 e. The lowest BCUT2D eigenvalue weighted by Crippen LogP contribution is -2.40. The van der Waals surface area contributed by atoms with Crippen molar-refractivity contribution in [3.05, 3.63) is 71.0 Å². The quantitative estimate of drug-likeness (QED) is 0.487. The number of morpholine rings is 1. The molecule has 168 valence electrons. The van der Waals surface area contributed by atoms with Crippen LogP contribution in [0.15, 0.2) is 58.8 Å². The van der Waals surface area contributed by atoms with Gasteiger partial charge in [-0.1, -0.05) is 12.1 Å². The minimum atomic E-state index is -3.62. The van der Waals surface area contributed by atoms with E-state index in [-0.39, 0.29) is 23.7 Å². The third-order valence-corrected chi connectivity index (χ3v) is 7.71. The van der Waals surface area contributed by atoms with Gasteiger partial charge in [0.05, 0.1) is 30.2 Å². The third kappa shape index (κ3) is 5.39. The predicted molar refractivity (Wildman–Crippen MR) is 117 cm³/mol. The number of hydrogen-bond acceptors (Lipinski definition) is 7. The first-order chi connectivity index (χ1) is 15.4.